The van der Waals surface area contributed by atoms with Gasteiger partial charge in [0.2, 0.25) is 0 Å². The van der Waals surface area contributed by atoms with Crippen molar-refractivity contribution in [2.45, 2.75) is 13.5 Å². The minimum Gasteiger partial charge on any atom is -0.271 e. The summed E-state index contributed by atoms with van der Waals surface area (Å²) in [6, 6.07) is 10.2. The third-order valence-electron chi connectivity index (χ3n) is 2.09. The number of aromatic nitrogens is 2. The molecule has 2 nitrogen and oxygen atoms in total. The molecule has 0 aliphatic rings. The smallest absolute Gasteiger partial charge is 0.106 e. The van der Waals surface area contributed by atoms with Crippen LogP contribution in [0.4, 0.5) is 0 Å². The molecule has 2 rings (SSSR count). The summed E-state index contributed by atoms with van der Waals surface area (Å²) in [6.07, 6.45) is 2.00. The second-order valence-corrected chi connectivity index (χ2v) is 3.90. The molecular weight excluding hydrogens is 240 g/mol. The van der Waals surface area contributed by atoms with Crippen LogP contribution in [0.5, 0.6) is 0 Å². The summed E-state index contributed by atoms with van der Waals surface area (Å²) in [4.78, 5) is 0. The molecule has 0 fully saturated rings. The molecule has 72 valence electrons. The van der Waals surface area contributed by atoms with E-state index in [9.17, 15) is 0 Å². The molecule has 0 aliphatic heterocycles. The molecular formula is C11H11BrN2. The lowest BCUT2D eigenvalue weighted by Gasteiger charge is -1.96. The molecule has 0 aliphatic carbocycles. The summed E-state index contributed by atoms with van der Waals surface area (Å²) in [6.45, 7) is 2.97. The van der Waals surface area contributed by atoms with Crippen LogP contribution in [0.25, 0.3) is 11.3 Å². The van der Waals surface area contributed by atoms with Crippen LogP contribution in [0.2, 0.25) is 0 Å². The Kier molecular flexibility index (Phi) is 2.68. The molecule has 0 saturated heterocycles. The normalized spacial score (nSPS) is 10.4. The topological polar surface area (TPSA) is 17.8 Å². The molecule has 0 N–H and O–H groups in total. The molecule has 1 aromatic heterocycles. The molecule has 14 heavy (non-hydrogen) atoms. The number of hydrogen-bond donors (Lipinski definition) is 0. The lowest BCUT2D eigenvalue weighted by molar-refractivity contribution is 0.662. The van der Waals surface area contributed by atoms with E-state index in [1.807, 2.05) is 29.1 Å². The number of rotatable bonds is 2. The maximum absolute atomic E-state index is 4.47. The first-order valence-electron chi connectivity index (χ1n) is 4.59. The van der Waals surface area contributed by atoms with Crippen LogP contribution < -0.4 is 0 Å². The first kappa shape index (κ1) is 9.46. The van der Waals surface area contributed by atoms with Gasteiger partial charge in [-0.1, -0.05) is 30.3 Å². The number of halogens is 1. The van der Waals surface area contributed by atoms with E-state index >= 15 is 0 Å². The first-order valence-corrected chi connectivity index (χ1v) is 5.39. The van der Waals surface area contributed by atoms with E-state index in [-0.39, 0.29) is 0 Å². The maximum atomic E-state index is 4.47. The molecule has 0 amide bonds. The molecule has 2 aromatic rings. The lowest BCUT2D eigenvalue weighted by atomic mass is 10.2. The third kappa shape index (κ3) is 1.73. The Morgan fingerprint density at radius 1 is 1.29 bits per heavy atom. The zero-order chi connectivity index (χ0) is 9.97. The molecule has 0 radical (unpaired) electrons. The van der Waals surface area contributed by atoms with Gasteiger partial charge >= 0.3 is 0 Å². The Balaban J connectivity index is 2.46. The van der Waals surface area contributed by atoms with E-state index in [0.29, 0.717) is 0 Å². The fourth-order valence-electron chi connectivity index (χ4n) is 1.35. The molecule has 0 spiro atoms. The van der Waals surface area contributed by atoms with Gasteiger partial charge in [-0.3, -0.25) is 4.68 Å². The molecule has 1 heterocycles. The van der Waals surface area contributed by atoms with Crippen LogP contribution in [-0.2, 0) is 6.54 Å². The van der Waals surface area contributed by atoms with Crippen molar-refractivity contribution in [1.29, 1.82) is 0 Å². The summed E-state index contributed by atoms with van der Waals surface area (Å²) < 4.78 is 2.97. The van der Waals surface area contributed by atoms with Crippen LogP contribution in [-0.4, -0.2) is 9.78 Å². The number of nitrogens with zero attached hydrogens (tertiary/aromatic N) is 2. The molecule has 3 heteroatoms. The zero-order valence-electron chi connectivity index (χ0n) is 7.94. The van der Waals surface area contributed by atoms with Crippen molar-refractivity contribution in [3.05, 3.63) is 41.0 Å². The van der Waals surface area contributed by atoms with E-state index in [1.54, 1.807) is 0 Å². The number of aryl methyl sites for hydroxylation is 1. The highest BCUT2D eigenvalue weighted by molar-refractivity contribution is 9.10. The standard InChI is InChI=1S/C11H11BrN2/c1-2-14-8-10(12)11(13-14)9-6-4-3-5-7-9/h3-8H,2H2,1H3. The first-order chi connectivity index (χ1) is 6.81. The van der Waals surface area contributed by atoms with E-state index in [0.717, 1.165) is 22.3 Å². The minimum absolute atomic E-state index is 0.894. The van der Waals surface area contributed by atoms with Crippen molar-refractivity contribution in [2.75, 3.05) is 0 Å². The van der Waals surface area contributed by atoms with Crippen LogP contribution >= 0.6 is 15.9 Å². The van der Waals surface area contributed by atoms with Gasteiger partial charge in [0.1, 0.15) is 5.69 Å². The Morgan fingerprint density at radius 2 is 2.00 bits per heavy atom. The summed E-state index contributed by atoms with van der Waals surface area (Å²) >= 11 is 3.51. The van der Waals surface area contributed by atoms with E-state index in [4.69, 9.17) is 0 Å². The van der Waals surface area contributed by atoms with Crippen molar-refractivity contribution in [1.82, 2.24) is 9.78 Å². The Morgan fingerprint density at radius 3 is 2.57 bits per heavy atom. The minimum atomic E-state index is 0.894. The van der Waals surface area contributed by atoms with Crippen LogP contribution in [0.1, 0.15) is 6.92 Å². The number of hydrogen-bond acceptors (Lipinski definition) is 1. The predicted molar refractivity (Wildman–Crippen MR) is 61.0 cm³/mol. The molecule has 1 aromatic carbocycles. The van der Waals surface area contributed by atoms with Gasteiger partial charge in [0, 0.05) is 18.3 Å². The monoisotopic (exact) mass is 250 g/mol. The Labute approximate surface area is 91.7 Å². The fraction of sp³-hybridized carbons (Fsp3) is 0.182. The summed E-state index contributed by atoms with van der Waals surface area (Å²) in [5.74, 6) is 0. The van der Waals surface area contributed by atoms with Gasteiger partial charge in [-0.15, -0.1) is 0 Å². The lowest BCUT2D eigenvalue weighted by Crippen LogP contribution is -1.93. The third-order valence-corrected chi connectivity index (χ3v) is 2.67. The highest BCUT2D eigenvalue weighted by Crippen LogP contribution is 2.25. The molecule has 0 unspecified atom stereocenters. The van der Waals surface area contributed by atoms with Crippen LogP contribution in [0.15, 0.2) is 41.0 Å². The Bertz CT molecular complexity index is 420. The molecule has 0 saturated carbocycles. The summed E-state index contributed by atoms with van der Waals surface area (Å²) in [7, 11) is 0. The fourth-order valence-corrected chi connectivity index (χ4v) is 1.90. The van der Waals surface area contributed by atoms with Crippen LogP contribution in [0.3, 0.4) is 0 Å². The van der Waals surface area contributed by atoms with Crippen molar-refractivity contribution < 1.29 is 0 Å². The summed E-state index contributed by atoms with van der Waals surface area (Å²) in [5, 5.41) is 4.47. The van der Waals surface area contributed by atoms with Gasteiger partial charge in [0.05, 0.1) is 4.47 Å². The summed E-state index contributed by atoms with van der Waals surface area (Å²) in [5.41, 5.74) is 2.15. The van der Waals surface area contributed by atoms with Crippen molar-refractivity contribution in [2.24, 2.45) is 0 Å². The Hall–Kier alpha value is -1.09. The second kappa shape index (κ2) is 3.96. The quantitative estimate of drug-likeness (QED) is 0.800. The largest absolute Gasteiger partial charge is 0.271 e. The predicted octanol–water partition coefficient (Wildman–Crippen LogP) is 3.33. The zero-order valence-corrected chi connectivity index (χ0v) is 9.53. The van der Waals surface area contributed by atoms with Gasteiger partial charge in [-0.25, -0.2) is 0 Å². The van der Waals surface area contributed by atoms with E-state index in [1.165, 1.54) is 0 Å². The van der Waals surface area contributed by atoms with Gasteiger partial charge in [-0.2, -0.15) is 5.10 Å². The van der Waals surface area contributed by atoms with Crippen molar-refractivity contribution in [3.8, 4) is 11.3 Å². The molecule has 0 atom stereocenters. The van der Waals surface area contributed by atoms with E-state index in [2.05, 4.69) is 40.1 Å². The van der Waals surface area contributed by atoms with Gasteiger partial charge in [-0.05, 0) is 22.9 Å². The van der Waals surface area contributed by atoms with Crippen molar-refractivity contribution in [3.63, 3.8) is 0 Å². The van der Waals surface area contributed by atoms with E-state index < -0.39 is 0 Å². The van der Waals surface area contributed by atoms with Gasteiger partial charge in [0.15, 0.2) is 0 Å². The van der Waals surface area contributed by atoms with Crippen molar-refractivity contribution >= 4 is 15.9 Å². The average molecular weight is 251 g/mol. The van der Waals surface area contributed by atoms with Gasteiger partial charge in [0.25, 0.3) is 0 Å². The highest BCUT2D eigenvalue weighted by Gasteiger charge is 2.06. The van der Waals surface area contributed by atoms with Crippen LogP contribution in [0, 0.1) is 0 Å². The van der Waals surface area contributed by atoms with Gasteiger partial charge < -0.3 is 0 Å². The SMILES string of the molecule is CCn1cc(Br)c(-c2ccccc2)n1. The highest BCUT2D eigenvalue weighted by atomic mass is 79.9. The number of benzene rings is 1. The maximum Gasteiger partial charge on any atom is 0.106 e. The second-order valence-electron chi connectivity index (χ2n) is 3.05. The molecule has 0 bridgehead atoms. The average Bonchev–Trinajstić information content (AvgIpc) is 2.61.